The molecule has 0 bridgehead atoms. The number of fused-ring (bicyclic) bond motifs is 1. The van der Waals surface area contributed by atoms with Crippen molar-refractivity contribution in [2.75, 3.05) is 13.1 Å². The van der Waals surface area contributed by atoms with Gasteiger partial charge in [-0.25, -0.2) is 0 Å². The van der Waals surface area contributed by atoms with Gasteiger partial charge in [-0.1, -0.05) is 12.1 Å². The molecule has 3 heterocycles. The van der Waals surface area contributed by atoms with Crippen LogP contribution in [0.1, 0.15) is 66.7 Å². The third-order valence-corrected chi connectivity index (χ3v) is 6.26. The number of hydrogen-bond acceptors (Lipinski definition) is 5. The maximum Gasteiger partial charge on any atom is 0.270 e. The summed E-state index contributed by atoms with van der Waals surface area (Å²) in [5.74, 6) is 0.351. The van der Waals surface area contributed by atoms with E-state index in [2.05, 4.69) is 35.1 Å². The summed E-state index contributed by atoms with van der Waals surface area (Å²) in [7, 11) is 0. The van der Waals surface area contributed by atoms with E-state index >= 15 is 0 Å². The Labute approximate surface area is 176 Å². The molecular formula is C23H26N6O. The molecule has 1 aromatic heterocycles. The zero-order chi connectivity index (χ0) is 20.8. The molecule has 30 heavy (non-hydrogen) atoms. The predicted molar refractivity (Wildman–Crippen MR) is 114 cm³/mol. The van der Waals surface area contributed by atoms with Crippen molar-refractivity contribution < 1.29 is 4.79 Å². The monoisotopic (exact) mass is 402 g/mol. The van der Waals surface area contributed by atoms with E-state index in [1.165, 1.54) is 0 Å². The second-order valence-electron chi connectivity index (χ2n) is 8.85. The number of carbonyl (C=O) groups is 1. The summed E-state index contributed by atoms with van der Waals surface area (Å²) in [6, 6.07) is 10.3. The van der Waals surface area contributed by atoms with Crippen LogP contribution in [0.15, 0.2) is 29.3 Å². The van der Waals surface area contributed by atoms with E-state index in [1.807, 2.05) is 35.3 Å². The third kappa shape index (κ3) is 3.26. The molecule has 2 aromatic rings. The maximum atomic E-state index is 13.5. The number of nitriles is 1. The number of benzene rings is 1. The SMILES string of the molecule is CC(C)n1nc(-c2ccc(C#N)cc2)c(C2CC2)c1C(=O)N[C@H]1CC2CN=CN2C1. The fourth-order valence-electron chi connectivity index (χ4n) is 4.62. The third-order valence-electron chi connectivity index (χ3n) is 6.26. The molecular weight excluding hydrogens is 376 g/mol. The highest BCUT2D eigenvalue weighted by Crippen LogP contribution is 2.46. The minimum Gasteiger partial charge on any atom is -0.356 e. The minimum atomic E-state index is -0.0268. The van der Waals surface area contributed by atoms with E-state index in [-0.39, 0.29) is 18.0 Å². The fraction of sp³-hybridized carbons (Fsp3) is 0.478. The van der Waals surface area contributed by atoms with Gasteiger partial charge in [0.1, 0.15) is 5.69 Å². The molecule has 2 fully saturated rings. The highest BCUT2D eigenvalue weighted by molar-refractivity contribution is 5.96. The van der Waals surface area contributed by atoms with Crippen molar-refractivity contribution in [2.24, 2.45) is 4.99 Å². The number of nitrogens with zero attached hydrogens (tertiary/aromatic N) is 5. The van der Waals surface area contributed by atoms with E-state index in [1.54, 1.807) is 0 Å². The summed E-state index contributed by atoms with van der Waals surface area (Å²) >= 11 is 0. The number of nitrogens with one attached hydrogen (secondary N) is 1. The Morgan fingerprint density at radius 1 is 1.27 bits per heavy atom. The molecule has 1 N–H and O–H groups in total. The Morgan fingerprint density at radius 3 is 2.67 bits per heavy atom. The smallest absolute Gasteiger partial charge is 0.270 e. The molecule has 154 valence electrons. The van der Waals surface area contributed by atoms with E-state index in [4.69, 9.17) is 10.4 Å². The Hall–Kier alpha value is -3.14. The average molecular weight is 403 g/mol. The lowest BCUT2D eigenvalue weighted by molar-refractivity contribution is 0.0925. The van der Waals surface area contributed by atoms with Gasteiger partial charge in [0.2, 0.25) is 0 Å². The van der Waals surface area contributed by atoms with Gasteiger partial charge in [-0.05, 0) is 51.2 Å². The van der Waals surface area contributed by atoms with Gasteiger partial charge in [-0.2, -0.15) is 10.4 Å². The normalized spacial score (nSPS) is 22.4. The summed E-state index contributed by atoms with van der Waals surface area (Å²) in [4.78, 5) is 20.0. The molecule has 1 unspecified atom stereocenters. The van der Waals surface area contributed by atoms with Gasteiger partial charge in [0, 0.05) is 29.8 Å². The van der Waals surface area contributed by atoms with Crippen LogP contribution in [0.25, 0.3) is 11.3 Å². The van der Waals surface area contributed by atoms with Crippen LogP contribution in [0.2, 0.25) is 0 Å². The van der Waals surface area contributed by atoms with Crippen molar-refractivity contribution in [1.82, 2.24) is 20.0 Å². The van der Waals surface area contributed by atoms with Crippen molar-refractivity contribution in [1.29, 1.82) is 5.26 Å². The van der Waals surface area contributed by atoms with Gasteiger partial charge in [0.05, 0.1) is 36.3 Å². The summed E-state index contributed by atoms with van der Waals surface area (Å²) in [6.07, 6.45) is 5.02. The van der Waals surface area contributed by atoms with Gasteiger partial charge in [0.25, 0.3) is 5.91 Å². The number of carbonyl (C=O) groups excluding carboxylic acids is 1. The topological polar surface area (TPSA) is 86.3 Å². The number of amides is 1. The lowest BCUT2D eigenvalue weighted by Gasteiger charge is -2.16. The first-order chi connectivity index (χ1) is 14.5. The Kier molecular flexibility index (Phi) is 4.58. The summed E-state index contributed by atoms with van der Waals surface area (Å²) in [5, 5.41) is 17.3. The molecule has 7 heteroatoms. The van der Waals surface area contributed by atoms with Crippen LogP contribution >= 0.6 is 0 Å². The van der Waals surface area contributed by atoms with Crippen LogP contribution in [0, 0.1) is 11.3 Å². The van der Waals surface area contributed by atoms with Crippen molar-refractivity contribution in [3.63, 3.8) is 0 Å². The zero-order valence-corrected chi connectivity index (χ0v) is 17.4. The molecule has 2 atom stereocenters. The van der Waals surface area contributed by atoms with Crippen molar-refractivity contribution in [2.45, 2.75) is 57.2 Å². The second-order valence-corrected chi connectivity index (χ2v) is 8.85. The van der Waals surface area contributed by atoms with Crippen molar-refractivity contribution in [3.8, 4) is 17.3 Å². The standard InChI is InChI=1S/C23H26N6O/c1-14(2)29-22(23(30)26-18-9-19-11-25-13-28(19)12-18)20(16-7-8-16)21(27-29)17-5-3-15(10-24)4-6-17/h3-6,13-14,16,18-19H,7-9,11-12H2,1-2H3,(H,26,30)/t18-,19?/m0/s1. The van der Waals surface area contributed by atoms with Gasteiger partial charge in [-0.3, -0.25) is 14.5 Å². The first-order valence-corrected chi connectivity index (χ1v) is 10.7. The molecule has 3 aliphatic rings. The molecule has 1 aromatic carbocycles. The number of aromatic nitrogens is 2. The van der Waals surface area contributed by atoms with Gasteiger partial charge in [-0.15, -0.1) is 0 Å². The number of rotatable bonds is 5. The van der Waals surface area contributed by atoms with Gasteiger partial charge < -0.3 is 10.2 Å². The molecule has 1 saturated heterocycles. The summed E-state index contributed by atoms with van der Waals surface area (Å²) in [6.45, 7) is 5.76. The fourth-order valence-corrected chi connectivity index (χ4v) is 4.62. The summed E-state index contributed by atoms with van der Waals surface area (Å²) < 4.78 is 1.88. The van der Waals surface area contributed by atoms with E-state index in [0.717, 1.165) is 49.2 Å². The Morgan fingerprint density at radius 2 is 2.03 bits per heavy atom. The largest absolute Gasteiger partial charge is 0.356 e. The second kappa shape index (κ2) is 7.28. The first kappa shape index (κ1) is 18.9. The van der Waals surface area contributed by atoms with Crippen LogP contribution in [0.4, 0.5) is 0 Å². The van der Waals surface area contributed by atoms with E-state index < -0.39 is 0 Å². The Balaban J connectivity index is 1.50. The molecule has 1 aliphatic carbocycles. The average Bonchev–Trinajstić information content (AvgIpc) is 3.17. The Bertz CT molecular complexity index is 1040. The predicted octanol–water partition coefficient (Wildman–Crippen LogP) is 3.09. The molecule has 0 radical (unpaired) electrons. The van der Waals surface area contributed by atoms with Crippen LogP contribution in [0.5, 0.6) is 0 Å². The lowest BCUT2D eigenvalue weighted by Crippen LogP contribution is -2.38. The summed E-state index contributed by atoms with van der Waals surface area (Å²) in [5.41, 5.74) is 4.22. The van der Waals surface area contributed by atoms with E-state index in [9.17, 15) is 4.79 Å². The number of hydrogen-bond donors (Lipinski definition) is 1. The highest BCUT2D eigenvalue weighted by atomic mass is 16.2. The van der Waals surface area contributed by atoms with Crippen LogP contribution < -0.4 is 5.32 Å². The quantitative estimate of drug-likeness (QED) is 0.833. The first-order valence-electron chi connectivity index (χ1n) is 10.7. The van der Waals surface area contributed by atoms with Gasteiger partial charge >= 0.3 is 0 Å². The molecule has 1 saturated carbocycles. The molecule has 0 spiro atoms. The molecule has 7 nitrogen and oxygen atoms in total. The van der Waals surface area contributed by atoms with E-state index in [0.29, 0.717) is 23.2 Å². The van der Waals surface area contributed by atoms with Crippen molar-refractivity contribution in [3.05, 3.63) is 41.1 Å². The zero-order valence-electron chi connectivity index (χ0n) is 17.4. The highest BCUT2D eigenvalue weighted by Gasteiger charge is 2.38. The minimum absolute atomic E-state index is 0.0268. The van der Waals surface area contributed by atoms with Crippen LogP contribution in [0.3, 0.4) is 0 Å². The molecule has 2 aliphatic heterocycles. The lowest BCUT2D eigenvalue weighted by atomic mass is 10.0. The van der Waals surface area contributed by atoms with Crippen molar-refractivity contribution >= 4 is 12.2 Å². The number of aliphatic imine (C=N–C) groups is 1. The van der Waals surface area contributed by atoms with Crippen LogP contribution in [-0.2, 0) is 0 Å². The van der Waals surface area contributed by atoms with Gasteiger partial charge in [0.15, 0.2) is 0 Å². The molecule has 1 amide bonds. The maximum absolute atomic E-state index is 13.5. The molecule has 5 rings (SSSR count). The van der Waals surface area contributed by atoms with Crippen LogP contribution in [-0.4, -0.2) is 52.1 Å².